The molecule has 1 aromatic carbocycles. The van der Waals surface area contributed by atoms with Crippen LogP contribution in [-0.2, 0) is 11.8 Å². The molecule has 1 aliphatic rings. The van der Waals surface area contributed by atoms with E-state index >= 15 is 0 Å². The van der Waals surface area contributed by atoms with Gasteiger partial charge in [0.1, 0.15) is 11.9 Å². The Morgan fingerprint density at radius 2 is 1.80 bits per heavy atom. The summed E-state index contributed by atoms with van der Waals surface area (Å²) in [6, 6.07) is 10.8. The molecule has 0 aliphatic carbocycles. The van der Waals surface area contributed by atoms with E-state index in [0.29, 0.717) is 0 Å². The minimum atomic E-state index is 0.127. The van der Waals surface area contributed by atoms with E-state index in [9.17, 15) is 0 Å². The van der Waals surface area contributed by atoms with Crippen molar-refractivity contribution in [2.24, 2.45) is 0 Å². The van der Waals surface area contributed by atoms with E-state index in [1.54, 1.807) is 0 Å². The molecular weight excluding hydrogens is 246 g/mol. The summed E-state index contributed by atoms with van der Waals surface area (Å²) in [7, 11) is 0. The normalized spacial score (nSPS) is 17.7. The van der Waals surface area contributed by atoms with Crippen LogP contribution < -0.4 is 4.74 Å². The largest absolute Gasteiger partial charge is 0.485 e. The first kappa shape index (κ1) is 13.2. The Morgan fingerprint density at radius 3 is 2.40 bits per heavy atom. The summed E-state index contributed by atoms with van der Waals surface area (Å²) < 4.78 is 6.06. The monoisotopic (exact) mass is 267 g/mol. The van der Waals surface area contributed by atoms with Crippen LogP contribution >= 0.6 is 0 Å². The molecule has 1 unspecified atom stereocenters. The molecule has 0 saturated heterocycles. The predicted octanol–water partition coefficient (Wildman–Crippen LogP) is 4.36. The fourth-order valence-electron chi connectivity index (χ4n) is 2.70. The molecule has 1 aliphatic heterocycles. The minimum Gasteiger partial charge on any atom is -0.485 e. The van der Waals surface area contributed by atoms with Gasteiger partial charge in [-0.3, -0.25) is 4.98 Å². The maximum Gasteiger partial charge on any atom is 0.128 e. The van der Waals surface area contributed by atoms with Crippen LogP contribution in [0.2, 0.25) is 0 Å². The summed E-state index contributed by atoms with van der Waals surface area (Å²) >= 11 is 0. The third kappa shape index (κ3) is 2.31. The number of rotatable bonds is 1. The van der Waals surface area contributed by atoms with Gasteiger partial charge in [-0.25, -0.2) is 0 Å². The van der Waals surface area contributed by atoms with Crippen LogP contribution in [0.15, 0.2) is 36.5 Å². The first-order valence-electron chi connectivity index (χ1n) is 7.17. The van der Waals surface area contributed by atoms with Crippen LogP contribution in [0.4, 0.5) is 0 Å². The van der Waals surface area contributed by atoms with E-state index < -0.39 is 0 Å². The second kappa shape index (κ2) is 4.62. The lowest BCUT2D eigenvalue weighted by atomic mass is 9.86. The van der Waals surface area contributed by atoms with Gasteiger partial charge in [-0.05, 0) is 29.5 Å². The van der Waals surface area contributed by atoms with Crippen molar-refractivity contribution in [1.29, 1.82) is 0 Å². The summed E-state index contributed by atoms with van der Waals surface area (Å²) in [6.45, 7) is 8.75. The van der Waals surface area contributed by atoms with Crippen molar-refractivity contribution in [3.8, 4) is 5.75 Å². The summed E-state index contributed by atoms with van der Waals surface area (Å²) in [4.78, 5) is 4.35. The molecule has 104 valence electrons. The molecule has 0 saturated carbocycles. The fraction of sp³-hybridized carbons (Fsp3) is 0.389. The number of ether oxygens (including phenoxy) is 1. The Morgan fingerprint density at radius 1 is 1.10 bits per heavy atom. The van der Waals surface area contributed by atoms with Crippen LogP contribution in [0.3, 0.4) is 0 Å². The lowest BCUT2D eigenvalue weighted by Gasteiger charge is -2.20. The number of nitrogens with zero attached hydrogens (tertiary/aromatic N) is 1. The smallest absolute Gasteiger partial charge is 0.128 e. The number of benzene rings is 1. The molecule has 1 atom stereocenters. The highest BCUT2D eigenvalue weighted by Gasteiger charge is 2.26. The number of aromatic nitrogens is 1. The highest BCUT2D eigenvalue weighted by atomic mass is 16.5. The van der Waals surface area contributed by atoms with Crippen molar-refractivity contribution >= 4 is 0 Å². The summed E-state index contributed by atoms with van der Waals surface area (Å²) in [6.07, 6.45) is 2.87. The van der Waals surface area contributed by atoms with Gasteiger partial charge in [0.15, 0.2) is 0 Å². The zero-order chi connectivity index (χ0) is 14.3. The quantitative estimate of drug-likeness (QED) is 0.765. The van der Waals surface area contributed by atoms with Crippen LogP contribution in [0.5, 0.6) is 5.75 Å². The molecular formula is C18H21NO. The van der Waals surface area contributed by atoms with Gasteiger partial charge < -0.3 is 4.74 Å². The zero-order valence-electron chi connectivity index (χ0n) is 12.6. The number of hydrogen-bond donors (Lipinski definition) is 0. The highest BCUT2D eigenvalue weighted by Crippen LogP contribution is 2.37. The molecule has 0 amide bonds. The van der Waals surface area contributed by atoms with E-state index in [2.05, 4.69) is 50.0 Å². The number of pyridine rings is 1. The van der Waals surface area contributed by atoms with Gasteiger partial charge in [0, 0.05) is 23.9 Å². The third-order valence-corrected chi connectivity index (χ3v) is 4.04. The van der Waals surface area contributed by atoms with E-state index in [4.69, 9.17) is 4.74 Å². The second-order valence-electron chi connectivity index (χ2n) is 6.56. The van der Waals surface area contributed by atoms with E-state index in [1.165, 1.54) is 16.7 Å². The molecule has 2 heteroatoms. The van der Waals surface area contributed by atoms with Gasteiger partial charge in [0.25, 0.3) is 0 Å². The second-order valence-corrected chi connectivity index (χ2v) is 6.56. The lowest BCUT2D eigenvalue weighted by molar-refractivity contribution is 0.238. The van der Waals surface area contributed by atoms with Crippen LogP contribution in [0.25, 0.3) is 0 Å². The van der Waals surface area contributed by atoms with Crippen LogP contribution in [0.1, 0.15) is 49.3 Å². The molecule has 0 spiro atoms. The standard InChI is InChI=1S/C18H21NO/c1-12-15-11-17(20-16(15)9-10-19-12)13-5-7-14(8-6-13)18(2,3)4/h5-10,17H,11H2,1-4H3. The maximum absolute atomic E-state index is 6.06. The number of hydrogen-bond acceptors (Lipinski definition) is 2. The molecule has 3 rings (SSSR count). The molecule has 20 heavy (non-hydrogen) atoms. The van der Waals surface area contributed by atoms with Gasteiger partial charge in [-0.2, -0.15) is 0 Å². The van der Waals surface area contributed by atoms with Crippen LogP contribution in [0, 0.1) is 6.92 Å². The van der Waals surface area contributed by atoms with Crippen molar-refractivity contribution < 1.29 is 4.74 Å². The summed E-state index contributed by atoms with van der Waals surface area (Å²) in [5.74, 6) is 0.988. The highest BCUT2D eigenvalue weighted by molar-refractivity contribution is 5.42. The Bertz CT molecular complexity index is 623. The predicted molar refractivity (Wildman–Crippen MR) is 81.2 cm³/mol. The number of aryl methyl sites for hydroxylation is 1. The first-order valence-corrected chi connectivity index (χ1v) is 7.17. The topological polar surface area (TPSA) is 22.1 Å². The van der Waals surface area contributed by atoms with Gasteiger partial charge in [0.2, 0.25) is 0 Å². The third-order valence-electron chi connectivity index (χ3n) is 4.04. The zero-order valence-corrected chi connectivity index (χ0v) is 12.6. The molecule has 0 fully saturated rings. The Labute approximate surface area is 120 Å². The average molecular weight is 267 g/mol. The Hall–Kier alpha value is -1.83. The average Bonchev–Trinajstić information content (AvgIpc) is 2.83. The van der Waals surface area contributed by atoms with E-state index in [0.717, 1.165) is 17.9 Å². The first-order chi connectivity index (χ1) is 9.45. The molecule has 0 bridgehead atoms. The van der Waals surface area contributed by atoms with Crippen molar-refractivity contribution in [2.45, 2.75) is 45.6 Å². The molecule has 0 radical (unpaired) electrons. The van der Waals surface area contributed by atoms with Gasteiger partial charge in [0.05, 0.1) is 0 Å². The fourth-order valence-corrected chi connectivity index (χ4v) is 2.70. The summed E-state index contributed by atoms with van der Waals surface area (Å²) in [5.41, 5.74) is 5.12. The molecule has 0 N–H and O–H groups in total. The number of fused-ring (bicyclic) bond motifs is 1. The van der Waals surface area contributed by atoms with E-state index in [-0.39, 0.29) is 11.5 Å². The van der Waals surface area contributed by atoms with E-state index in [1.807, 2.05) is 19.2 Å². The van der Waals surface area contributed by atoms with Gasteiger partial charge in [-0.1, -0.05) is 45.0 Å². The Kier molecular flexibility index (Phi) is 3.04. The molecule has 2 nitrogen and oxygen atoms in total. The van der Waals surface area contributed by atoms with Crippen molar-refractivity contribution in [2.75, 3.05) is 0 Å². The SMILES string of the molecule is Cc1nccc2c1CC(c1ccc(C(C)(C)C)cc1)O2. The van der Waals surface area contributed by atoms with Crippen molar-refractivity contribution in [3.63, 3.8) is 0 Å². The Balaban J connectivity index is 1.85. The molecule has 2 aromatic rings. The maximum atomic E-state index is 6.06. The minimum absolute atomic E-state index is 0.127. The van der Waals surface area contributed by atoms with Gasteiger partial charge in [-0.15, -0.1) is 0 Å². The molecule has 1 aromatic heterocycles. The summed E-state index contributed by atoms with van der Waals surface area (Å²) in [5, 5.41) is 0. The van der Waals surface area contributed by atoms with Gasteiger partial charge >= 0.3 is 0 Å². The molecule has 2 heterocycles. The lowest BCUT2D eigenvalue weighted by Crippen LogP contribution is -2.11. The van der Waals surface area contributed by atoms with Crippen molar-refractivity contribution in [3.05, 3.63) is 58.9 Å². The van der Waals surface area contributed by atoms with Crippen molar-refractivity contribution in [1.82, 2.24) is 4.98 Å². The van der Waals surface area contributed by atoms with Crippen LogP contribution in [-0.4, -0.2) is 4.98 Å².